The van der Waals surface area contributed by atoms with Crippen LogP contribution in [0, 0.1) is 0 Å². The lowest BCUT2D eigenvalue weighted by atomic mass is 10.1. The molecule has 0 aliphatic carbocycles. The van der Waals surface area contributed by atoms with Crippen LogP contribution in [-0.4, -0.2) is 37.2 Å². The van der Waals surface area contributed by atoms with Crippen LogP contribution < -0.4 is 0 Å². The van der Waals surface area contributed by atoms with Crippen molar-refractivity contribution in [3.8, 4) is 0 Å². The van der Waals surface area contributed by atoms with E-state index in [2.05, 4.69) is 130 Å². The standard InChI is InChI=1S/C66H110O6/c1-4-7-10-13-16-19-22-25-27-29-31-32-33-34-35-37-38-41-44-47-50-53-56-59-65(68)71-62-63(61-70-64(67)58-55-52-49-46-43-40-24-21-18-15-12-9-6-3)72-66(69)60-57-54-51-48-45-42-39-36-30-28-26-23-20-17-14-11-8-5-2/h7,10,16,19,21,24-25,27-28,30-32,34-35,38,41,47,50,63H,4-6,8-9,11-15,17-18,20,22-23,26,29,33,36-37,39-40,42-46,48-49,51-62H2,1-3H3/b10-7-,19-16-,24-21-,27-25-,30-28-,32-31-,35-34-,41-38-,50-47-. The monoisotopic (exact) mass is 999 g/mol. The molecule has 0 saturated heterocycles. The summed E-state index contributed by atoms with van der Waals surface area (Å²) in [5.41, 5.74) is 0. The van der Waals surface area contributed by atoms with Crippen molar-refractivity contribution in [2.24, 2.45) is 0 Å². The van der Waals surface area contributed by atoms with Crippen LogP contribution in [0.4, 0.5) is 0 Å². The summed E-state index contributed by atoms with van der Waals surface area (Å²) in [7, 11) is 0. The average molecular weight is 1000 g/mol. The van der Waals surface area contributed by atoms with E-state index in [1.165, 1.54) is 122 Å². The van der Waals surface area contributed by atoms with Gasteiger partial charge in [0.15, 0.2) is 6.10 Å². The summed E-state index contributed by atoms with van der Waals surface area (Å²) < 4.78 is 16.8. The van der Waals surface area contributed by atoms with Crippen molar-refractivity contribution in [2.45, 2.75) is 277 Å². The molecule has 0 rings (SSSR count). The predicted molar refractivity (Wildman–Crippen MR) is 311 cm³/mol. The SMILES string of the molecule is CC/C=C\C/C=C\C/C=C\C/C=C\C/C=C\C/C=C\C/C=C\CCCC(=O)OCC(COC(=O)CCCCCCC/C=C\CCCCCC)OC(=O)CCCCCCCCC/C=C\CCCCCCCCC. The first-order valence-electron chi connectivity index (χ1n) is 29.9. The Labute approximate surface area is 444 Å². The Morgan fingerprint density at radius 3 is 0.931 bits per heavy atom. The molecule has 0 N–H and O–H groups in total. The number of ether oxygens (including phenoxy) is 3. The number of hydrogen-bond donors (Lipinski definition) is 0. The number of carbonyl (C=O) groups excluding carboxylic acids is 3. The Kier molecular flexibility index (Phi) is 56.4. The van der Waals surface area contributed by atoms with Gasteiger partial charge in [-0.3, -0.25) is 14.4 Å². The predicted octanol–water partition coefficient (Wildman–Crippen LogP) is 20.3. The minimum absolute atomic E-state index is 0.103. The molecule has 0 aromatic rings. The van der Waals surface area contributed by atoms with Gasteiger partial charge >= 0.3 is 17.9 Å². The van der Waals surface area contributed by atoms with Crippen LogP contribution in [-0.2, 0) is 28.6 Å². The number of hydrogen-bond acceptors (Lipinski definition) is 6. The lowest BCUT2D eigenvalue weighted by Gasteiger charge is -2.18. The summed E-state index contributed by atoms with van der Waals surface area (Å²) >= 11 is 0. The number of rotatable bonds is 53. The molecule has 0 aliphatic rings. The highest BCUT2D eigenvalue weighted by Gasteiger charge is 2.19. The fourth-order valence-electron chi connectivity index (χ4n) is 8.01. The van der Waals surface area contributed by atoms with E-state index in [0.717, 1.165) is 103 Å². The first kappa shape index (κ1) is 68.1. The molecule has 0 radical (unpaired) electrons. The van der Waals surface area contributed by atoms with Gasteiger partial charge in [-0.25, -0.2) is 0 Å². The van der Waals surface area contributed by atoms with Crippen molar-refractivity contribution in [1.82, 2.24) is 0 Å². The van der Waals surface area contributed by atoms with E-state index in [9.17, 15) is 14.4 Å². The summed E-state index contributed by atoms with van der Waals surface area (Å²) in [6.45, 7) is 6.46. The molecule has 6 heteroatoms. The van der Waals surface area contributed by atoms with Crippen LogP contribution in [0.3, 0.4) is 0 Å². The zero-order valence-corrected chi connectivity index (χ0v) is 46.9. The molecule has 0 heterocycles. The molecule has 0 fully saturated rings. The molecule has 0 spiro atoms. The molecule has 0 saturated carbocycles. The van der Waals surface area contributed by atoms with Crippen molar-refractivity contribution in [2.75, 3.05) is 13.2 Å². The van der Waals surface area contributed by atoms with Gasteiger partial charge in [-0.2, -0.15) is 0 Å². The summed E-state index contributed by atoms with van der Waals surface area (Å²) in [5.74, 6) is -0.975. The number of esters is 3. The van der Waals surface area contributed by atoms with Gasteiger partial charge in [0.2, 0.25) is 0 Å². The zero-order valence-electron chi connectivity index (χ0n) is 46.9. The molecule has 0 bridgehead atoms. The number of carbonyl (C=O) groups is 3. The molecule has 72 heavy (non-hydrogen) atoms. The van der Waals surface area contributed by atoms with E-state index in [1.54, 1.807) is 0 Å². The smallest absolute Gasteiger partial charge is 0.306 e. The minimum atomic E-state index is -0.809. The molecular weight excluding hydrogens is 889 g/mol. The van der Waals surface area contributed by atoms with E-state index in [4.69, 9.17) is 14.2 Å². The van der Waals surface area contributed by atoms with Crippen molar-refractivity contribution in [3.63, 3.8) is 0 Å². The maximum atomic E-state index is 12.9. The zero-order chi connectivity index (χ0) is 52.2. The molecule has 0 aromatic carbocycles. The van der Waals surface area contributed by atoms with Gasteiger partial charge in [0.1, 0.15) is 13.2 Å². The van der Waals surface area contributed by atoms with Gasteiger partial charge in [-0.05, 0) is 122 Å². The van der Waals surface area contributed by atoms with Crippen molar-refractivity contribution in [1.29, 1.82) is 0 Å². The second-order valence-corrected chi connectivity index (χ2v) is 19.5. The Bertz CT molecular complexity index is 1470. The first-order valence-corrected chi connectivity index (χ1v) is 29.9. The third-order valence-electron chi connectivity index (χ3n) is 12.5. The summed E-state index contributed by atoms with van der Waals surface area (Å²) in [6, 6.07) is 0. The van der Waals surface area contributed by atoms with E-state index in [1.807, 2.05) is 0 Å². The van der Waals surface area contributed by atoms with Crippen LogP contribution in [0.15, 0.2) is 109 Å². The van der Waals surface area contributed by atoms with Gasteiger partial charge in [-0.1, -0.05) is 239 Å². The normalized spacial score (nSPS) is 12.9. The summed E-state index contributed by atoms with van der Waals surface area (Å²) in [4.78, 5) is 38.2. The molecule has 0 aliphatic heterocycles. The number of allylic oxidation sites excluding steroid dienone is 18. The molecule has 1 unspecified atom stereocenters. The minimum Gasteiger partial charge on any atom is -0.462 e. The average Bonchev–Trinajstić information content (AvgIpc) is 3.38. The quantitative estimate of drug-likeness (QED) is 0.0261. The second-order valence-electron chi connectivity index (χ2n) is 19.5. The van der Waals surface area contributed by atoms with Crippen LogP contribution in [0.1, 0.15) is 271 Å². The number of unbranched alkanes of at least 4 members (excludes halogenated alkanes) is 24. The van der Waals surface area contributed by atoms with Crippen molar-refractivity contribution >= 4 is 17.9 Å². The summed E-state index contributed by atoms with van der Waals surface area (Å²) in [6.07, 6.45) is 80.9. The molecule has 410 valence electrons. The highest BCUT2D eigenvalue weighted by molar-refractivity contribution is 5.71. The lowest BCUT2D eigenvalue weighted by molar-refractivity contribution is -0.167. The van der Waals surface area contributed by atoms with Crippen LogP contribution in [0.5, 0.6) is 0 Å². The Morgan fingerprint density at radius 1 is 0.292 bits per heavy atom. The second kappa shape index (κ2) is 59.6. The highest BCUT2D eigenvalue weighted by Crippen LogP contribution is 2.14. The van der Waals surface area contributed by atoms with Crippen LogP contribution >= 0.6 is 0 Å². The molecule has 0 aromatic heterocycles. The highest BCUT2D eigenvalue weighted by atomic mass is 16.6. The topological polar surface area (TPSA) is 78.9 Å². The van der Waals surface area contributed by atoms with Crippen molar-refractivity contribution in [3.05, 3.63) is 109 Å². The Balaban J connectivity index is 4.48. The molecule has 6 nitrogen and oxygen atoms in total. The van der Waals surface area contributed by atoms with E-state index in [-0.39, 0.29) is 37.5 Å². The maximum Gasteiger partial charge on any atom is 0.306 e. The third-order valence-corrected chi connectivity index (χ3v) is 12.5. The Hall–Kier alpha value is -3.93. The maximum absolute atomic E-state index is 12.9. The van der Waals surface area contributed by atoms with Gasteiger partial charge in [0.25, 0.3) is 0 Å². The van der Waals surface area contributed by atoms with Gasteiger partial charge in [-0.15, -0.1) is 0 Å². The van der Waals surface area contributed by atoms with E-state index >= 15 is 0 Å². The third kappa shape index (κ3) is 57.0. The van der Waals surface area contributed by atoms with Crippen LogP contribution in [0.25, 0.3) is 0 Å². The molecule has 0 amide bonds. The van der Waals surface area contributed by atoms with Gasteiger partial charge < -0.3 is 14.2 Å². The van der Waals surface area contributed by atoms with E-state index < -0.39 is 6.10 Å². The first-order chi connectivity index (χ1) is 35.5. The fourth-order valence-corrected chi connectivity index (χ4v) is 8.01. The lowest BCUT2D eigenvalue weighted by Crippen LogP contribution is -2.30. The van der Waals surface area contributed by atoms with E-state index in [0.29, 0.717) is 19.3 Å². The fraction of sp³-hybridized carbons (Fsp3) is 0.682. The molecule has 1 atom stereocenters. The summed E-state index contributed by atoms with van der Waals surface area (Å²) in [5, 5.41) is 0. The van der Waals surface area contributed by atoms with Crippen LogP contribution in [0.2, 0.25) is 0 Å². The Morgan fingerprint density at radius 2 is 0.556 bits per heavy atom. The largest absolute Gasteiger partial charge is 0.462 e. The van der Waals surface area contributed by atoms with Gasteiger partial charge in [0, 0.05) is 19.3 Å². The van der Waals surface area contributed by atoms with Gasteiger partial charge in [0.05, 0.1) is 0 Å². The van der Waals surface area contributed by atoms with Crippen molar-refractivity contribution < 1.29 is 28.6 Å². The molecular formula is C66H110O6.